The minimum atomic E-state index is 0.396. The Morgan fingerprint density at radius 2 is 2.04 bits per heavy atom. The zero-order chi connectivity index (χ0) is 16.4. The first-order valence-corrected chi connectivity index (χ1v) is 8.55. The zero-order valence-corrected chi connectivity index (χ0v) is 14.0. The third-order valence-corrected chi connectivity index (χ3v) is 4.86. The third kappa shape index (κ3) is 2.97. The van der Waals surface area contributed by atoms with E-state index in [0.717, 1.165) is 24.6 Å². The molecule has 1 atom stereocenters. The molecule has 1 aliphatic rings. The molecule has 24 heavy (non-hydrogen) atoms. The van der Waals surface area contributed by atoms with Crippen LogP contribution in [0.15, 0.2) is 61.2 Å². The Morgan fingerprint density at radius 3 is 2.88 bits per heavy atom. The van der Waals surface area contributed by atoms with Crippen LogP contribution in [0.2, 0.25) is 0 Å². The Balaban J connectivity index is 1.59. The molecule has 0 spiro atoms. The van der Waals surface area contributed by atoms with Gasteiger partial charge in [0.2, 0.25) is 0 Å². The summed E-state index contributed by atoms with van der Waals surface area (Å²) in [7, 11) is 0. The van der Waals surface area contributed by atoms with E-state index < -0.39 is 0 Å². The van der Waals surface area contributed by atoms with E-state index in [2.05, 4.69) is 53.2 Å². The summed E-state index contributed by atoms with van der Waals surface area (Å²) in [6.45, 7) is 4.32. The molecule has 1 aromatic carbocycles. The first-order valence-electron chi connectivity index (χ1n) is 8.55. The summed E-state index contributed by atoms with van der Waals surface area (Å²) in [5.74, 6) is 0.938. The molecule has 0 saturated carbocycles. The van der Waals surface area contributed by atoms with Gasteiger partial charge < -0.3 is 0 Å². The predicted molar refractivity (Wildman–Crippen MR) is 94.9 cm³/mol. The van der Waals surface area contributed by atoms with Crippen molar-refractivity contribution in [2.45, 2.75) is 32.4 Å². The summed E-state index contributed by atoms with van der Waals surface area (Å²) in [5, 5.41) is 0. The van der Waals surface area contributed by atoms with Crippen LogP contribution in [0, 0.1) is 6.92 Å². The maximum Gasteiger partial charge on any atom is 0.138 e. The van der Waals surface area contributed by atoms with Crippen molar-refractivity contribution >= 4 is 0 Å². The lowest BCUT2D eigenvalue weighted by molar-refractivity contribution is 0.244. The minimum Gasteiger partial charge on any atom is -0.291 e. The molecule has 0 unspecified atom stereocenters. The molecule has 0 bridgehead atoms. The topological polar surface area (TPSA) is 34.0 Å². The summed E-state index contributed by atoms with van der Waals surface area (Å²) in [4.78, 5) is 11.6. The molecule has 4 nitrogen and oxygen atoms in total. The van der Waals surface area contributed by atoms with Gasteiger partial charge in [-0.1, -0.05) is 30.3 Å². The summed E-state index contributed by atoms with van der Waals surface area (Å²) < 4.78 is 1.96. The smallest absolute Gasteiger partial charge is 0.138 e. The van der Waals surface area contributed by atoms with Crippen molar-refractivity contribution in [2.24, 2.45) is 0 Å². The maximum atomic E-state index is 4.89. The lowest BCUT2D eigenvalue weighted by Gasteiger charge is -2.25. The van der Waals surface area contributed by atoms with E-state index in [1.807, 2.05) is 16.8 Å². The molecule has 1 fully saturated rings. The molecule has 3 heterocycles. The number of benzene rings is 1. The average Bonchev–Trinajstić information content (AvgIpc) is 3.29. The highest BCUT2D eigenvalue weighted by atomic mass is 15.2. The molecular formula is C20H22N4. The van der Waals surface area contributed by atoms with Crippen LogP contribution in [-0.2, 0) is 6.54 Å². The van der Waals surface area contributed by atoms with E-state index in [1.165, 1.54) is 24.0 Å². The highest BCUT2D eigenvalue weighted by molar-refractivity contribution is 5.28. The normalized spacial score (nSPS) is 18.1. The second kappa shape index (κ2) is 6.57. The van der Waals surface area contributed by atoms with Crippen molar-refractivity contribution in [1.29, 1.82) is 0 Å². The van der Waals surface area contributed by atoms with E-state index in [4.69, 9.17) is 4.98 Å². The fourth-order valence-corrected chi connectivity index (χ4v) is 3.52. The van der Waals surface area contributed by atoms with Gasteiger partial charge in [-0.05, 0) is 49.6 Å². The zero-order valence-electron chi connectivity index (χ0n) is 14.0. The van der Waals surface area contributed by atoms with Crippen LogP contribution < -0.4 is 0 Å². The van der Waals surface area contributed by atoms with Crippen LogP contribution in [0.1, 0.15) is 35.7 Å². The molecular weight excluding hydrogens is 296 g/mol. The lowest BCUT2D eigenvalue weighted by Crippen LogP contribution is -2.24. The molecule has 0 radical (unpaired) electrons. The van der Waals surface area contributed by atoms with E-state index in [9.17, 15) is 0 Å². The highest BCUT2D eigenvalue weighted by Gasteiger charge is 2.27. The van der Waals surface area contributed by atoms with Crippen LogP contribution in [0.3, 0.4) is 0 Å². The SMILES string of the molecule is Cc1ccccc1CN1CCC[C@@H]1c1cccc(-n2ccnc2)n1. The Kier molecular flexibility index (Phi) is 4.13. The molecule has 0 amide bonds. The largest absolute Gasteiger partial charge is 0.291 e. The van der Waals surface area contributed by atoms with Gasteiger partial charge in [-0.3, -0.25) is 9.47 Å². The van der Waals surface area contributed by atoms with Gasteiger partial charge in [-0.25, -0.2) is 9.97 Å². The number of hydrogen-bond donors (Lipinski definition) is 0. The Bertz CT molecular complexity index is 810. The van der Waals surface area contributed by atoms with Crippen molar-refractivity contribution in [3.63, 3.8) is 0 Å². The number of imidazole rings is 1. The van der Waals surface area contributed by atoms with Crippen molar-refractivity contribution in [3.05, 3.63) is 78.0 Å². The standard InChI is InChI=1S/C20H22N4/c1-16-6-2-3-7-17(16)14-23-12-5-9-19(23)18-8-4-10-20(22-18)24-13-11-21-15-24/h2-4,6-8,10-11,13,15,19H,5,9,12,14H2,1H3/t19-/m1/s1. The van der Waals surface area contributed by atoms with E-state index in [-0.39, 0.29) is 0 Å². The van der Waals surface area contributed by atoms with Gasteiger partial charge in [0.25, 0.3) is 0 Å². The first-order chi connectivity index (χ1) is 11.8. The average molecular weight is 318 g/mol. The Morgan fingerprint density at radius 1 is 1.12 bits per heavy atom. The molecule has 3 aromatic rings. The number of pyridine rings is 1. The summed E-state index contributed by atoms with van der Waals surface area (Å²) in [5.41, 5.74) is 3.94. The lowest BCUT2D eigenvalue weighted by atomic mass is 10.1. The first kappa shape index (κ1) is 15.1. The summed E-state index contributed by atoms with van der Waals surface area (Å²) in [6, 6.07) is 15.3. The number of nitrogens with zero attached hydrogens (tertiary/aromatic N) is 4. The second-order valence-electron chi connectivity index (χ2n) is 6.45. The number of aryl methyl sites for hydroxylation is 1. The molecule has 0 N–H and O–H groups in total. The fraction of sp³-hybridized carbons (Fsp3) is 0.300. The van der Waals surface area contributed by atoms with Crippen molar-refractivity contribution in [3.8, 4) is 5.82 Å². The number of rotatable bonds is 4. The molecule has 2 aromatic heterocycles. The molecule has 1 aliphatic heterocycles. The van der Waals surface area contributed by atoms with E-state index in [1.54, 1.807) is 12.5 Å². The van der Waals surface area contributed by atoms with Crippen molar-refractivity contribution in [1.82, 2.24) is 19.4 Å². The highest BCUT2D eigenvalue weighted by Crippen LogP contribution is 2.32. The van der Waals surface area contributed by atoms with Gasteiger partial charge in [0, 0.05) is 18.9 Å². The van der Waals surface area contributed by atoms with Crippen molar-refractivity contribution < 1.29 is 0 Å². The van der Waals surface area contributed by atoms with Crippen LogP contribution in [0.4, 0.5) is 0 Å². The second-order valence-corrected chi connectivity index (χ2v) is 6.45. The molecule has 1 saturated heterocycles. The molecule has 4 heteroatoms. The van der Waals surface area contributed by atoms with Crippen molar-refractivity contribution in [2.75, 3.05) is 6.54 Å². The van der Waals surface area contributed by atoms with Gasteiger partial charge >= 0.3 is 0 Å². The predicted octanol–water partition coefficient (Wildman–Crippen LogP) is 3.91. The van der Waals surface area contributed by atoms with E-state index >= 15 is 0 Å². The molecule has 4 rings (SSSR count). The minimum absolute atomic E-state index is 0.396. The van der Waals surface area contributed by atoms with Gasteiger partial charge in [0.05, 0.1) is 11.7 Å². The van der Waals surface area contributed by atoms with E-state index in [0.29, 0.717) is 6.04 Å². The summed E-state index contributed by atoms with van der Waals surface area (Å²) in [6.07, 6.45) is 7.92. The van der Waals surface area contributed by atoms with Gasteiger partial charge in [0.15, 0.2) is 0 Å². The van der Waals surface area contributed by atoms with Crippen LogP contribution >= 0.6 is 0 Å². The van der Waals surface area contributed by atoms with Crippen LogP contribution in [-0.4, -0.2) is 26.0 Å². The quantitative estimate of drug-likeness (QED) is 0.731. The number of likely N-dealkylation sites (tertiary alicyclic amines) is 1. The fourth-order valence-electron chi connectivity index (χ4n) is 3.52. The van der Waals surface area contributed by atoms with Crippen LogP contribution in [0.25, 0.3) is 5.82 Å². The van der Waals surface area contributed by atoms with Gasteiger partial charge in [0.1, 0.15) is 12.1 Å². The monoisotopic (exact) mass is 318 g/mol. The number of aromatic nitrogens is 3. The summed E-state index contributed by atoms with van der Waals surface area (Å²) >= 11 is 0. The third-order valence-electron chi connectivity index (χ3n) is 4.86. The maximum absolute atomic E-state index is 4.89. The van der Waals surface area contributed by atoms with Gasteiger partial charge in [-0.15, -0.1) is 0 Å². The molecule has 0 aliphatic carbocycles. The Hall–Kier alpha value is -2.46. The number of hydrogen-bond acceptors (Lipinski definition) is 3. The molecule has 122 valence electrons. The van der Waals surface area contributed by atoms with Crippen LogP contribution in [0.5, 0.6) is 0 Å². The van der Waals surface area contributed by atoms with Gasteiger partial charge in [-0.2, -0.15) is 0 Å². The Labute approximate surface area is 142 Å².